The van der Waals surface area contributed by atoms with E-state index in [0.717, 1.165) is 16.8 Å². The van der Waals surface area contributed by atoms with Gasteiger partial charge in [0.1, 0.15) is 0 Å². The number of allylic oxidation sites excluding steroid dienone is 1. The maximum atomic E-state index is 4.29. The first-order valence-electron chi connectivity index (χ1n) is 6.56. The quantitative estimate of drug-likeness (QED) is 0.436. The Kier molecular flexibility index (Phi) is 3.68. The van der Waals surface area contributed by atoms with Crippen LogP contribution in [-0.4, -0.2) is 21.5 Å². The summed E-state index contributed by atoms with van der Waals surface area (Å²) in [6.45, 7) is 2.00. The van der Waals surface area contributed by atoms with Crippen molar-refractivity contribution >= 4 is 23.8 Å². The number of rotatable bonds is 4. The maximum absolute atomic E-state index is 4.29. The molecule has 21 heavy (non-hydrogen) atoms. The van der Waals surface area contributed by atoms with E-state index in [1.165, 1.54) is 0 Å². The summed E-state index contributed by atoms with van der Waals surface area (Å²) in [6, 6.07) is 13.8. The van der Waals surface area contributed by atoms with Gasteiger partial charge < -0.3 is 0 Å². The normalized spacial score (nSPS) is 12.1. The highest BCUT2D eigenvalue weighted by molar-refractivity contribution is 5.85. The lowest BCUT2D eigenvalue weighted by Crippen LogP contribution is -2.24. The standard InChI is InChI=1S/C15H14N6/c1-12(9-13-5-3-2-4-6-13)10-16-18-14-7-8-15-19-17-11-21(15)20-14/h2-11H,1H3,(H,18,20)/p+1/b12-9+,16-10+. The molecule has 0 radical (unpaired) electrons. The number of H-pyrrole nitrogens is 1. The summed E-state index contributed by atoms with van der Waals surface area (Å²) in [5.41, 5.74) is 5.85. The third-order valence-corrected chi connectivity index (χ3v) is 2.84. The van der Waals surface area contributed by atoms with Gasteiger partial charge in [-0.25, -0.2) is 0 Å². The number of hydrazone groups is 1. The number of aromatic amines is 1. The minimum atomic E-state index is 0.651. The van der Waals surface area contributed by atoms with Crippen LogP contribution in [0.25, 0.3) is 11.7 Å². The molecule has 0 saturated heterocycles. The first-order chi connectivity index (χ1) is 10.3. The number of nitrogens with zero attached hydrogens (tertiary/aromatic N) is 4. The van der Waals surface area contributed by atoms with Gasteiger partial charge in [0.25, 0.3) is 0 Å². The molecule has 6 heteroatoms. The first-order valence-corrected chi connectivity index (χ1v) is 6.56. The minimum absolute atomic E-state index is 0.651. The number of anilines is 1. The van der Waals surface area contributed by atoms with Gasteiger partial charge in [0.05, 0.1) is 6.21 Å². The van der Waals surface area contributed by atoms with Gasteiger partial charge >= 0.3 is 5.65 Å². The molecule has 0 fully saturated rings. The van der Waals surface area contributed by atoms with Crippen LogP contribution in [0.1, 0.15) is 12.5 Å². The zero-order valence-electron chi connectivity index (χ0n) is 11.6. The Labute approximate surface area is 121 Å². The van der Waals surface area contributed by atoms with Crippen LogP contribution in [0.5, 0.6) is 0 Å². The Bertz CT molecular complexity index is 788. The van der Waals surface area contributed by atoms with Crippen LogP contribution >= 0.6 is 0 Å². The van der Waals surface area contributed by atoms with Gasteiger partial charge in [0.2, 0.25) is 6.33 Å². The topological polar surface area (TPSA) is 70.1 Å². The van der Waals surface area contributed by atoms with E-state index in [-0.39, 0.29) is 0 Å². The molecule has 3 rings (SSSR count). The fourth-order valence-electron chi connectivity index (χ4n) is 1.87. The van der Waals surface area contributed by atoms with Crippen molar-refractivity contribution in [2.45, 2.75) is 6.92 Å². The third kappa shape index (κ3) is 3.30. The molecule has 0 aliphatic rings. The smallest absolute Gasteiger partial charge is 0.259 e. The molecule has 1 aromatic carbocycles. The van der Waals surface area contributed by atoms with Crippen molar-refractivity contribution in [2.24, 2.45) is 5.10 Å². The highest BCUT2D eigenvalue weighted by atomic mass is 15.4. The van der Waals surface area contributed by atoms with Crippen LogP contribution in [0.2, 0.25) is 0 Å². The fourth-order valence-corrected chi connectivity index (χ4v) is 1.87. The number of hydrogen-bond donors (Lipinski definition) is 2. The van der Waals surface area contributed by atoms with Crippen molar-refractivity contribution in [1.29, 1.82) is 0 Å². The van der Waals surface area contributed by atoms with Crippen LogP contribution in [0, 0.1) is 0 Å². The molecule has 0 bridgehead atoms. The number of hydrogen-bond acceptors (Lipinski definition) is 4. The number of fused-ring (bicyclic) bond motifs is 1. The van der Waals surface area contributed by atoms with Crippen LogP contribution in [-0.2, 0) is 0 Å². The van der Waals surface area contributed by atoms with Gasteiger partial charge in [-0.1, -0.05) is 41.5 Å². The van der Waals surface area contributed by atoms with Crippen molar-refractivity contribution in [3.63, 3.8) is 0 Å². The molecule has 0 amide bonds. The molecule has 0 aliphatic heterocycles. The van der Waals surface area contributed by atoms with Crippen molar-refractivity contribution in [3.05, 3.63) is 59.9 Å². The van der Waals surface area contributed by atoms with Gasteiger partial charge in [-0.15, -0.1) is 9.61 Å². The molecule has 0 unspecified atom stereocenters. The Morgan fingerprint density at radius 3 is 2.95 bits per heavy atom. The van der Waals surface area contributed by atoms with Crippen molar-refractivity contribution in [3.8, 4) is 0 Å². The summed E-state index contributed by atoms with van der Waals surface area (Å²) in [5.74, 6) is 0.651. The zero-order chi connectivity index (χ0) is 14.5. The highest BCUT2D eigenvalue weighted by Crippen LogP contribution is 2.05. The van der Waals surface area contributed by atoms with Gasteiger partial charge in [-0.2, -0.15) is 5.10 Å². The monoisotopic (exact) mass is 279 g/mol. The summed E-state index contributed by atoms with van der Waals surface area (Å²) in [5, 5.41) is 15.2. The largest absolute Gasteiger partial charge is 0.325 e. The lowest BCUT2D eigenvalue weighted by molar-refractivity contribution is -0.579. The second kappa shape index (κ2) is 5.96. The van der Waals surface area contributed by atoms with Crippen molar-refractivity contribution < 1.29 is 4.52 Å². The minimum Gasteiger partial charge on any atom is -0.259 e. The average molecular weight is 279 g/mol. The van der Waals surface area contributed by atoms with Gasteiger partial charge in [-0.05, 0) is 24.1 Å². The van der Waals surface area contributed by atoms with E-state index in [0.29, 0.717) is 5.82 Å². The maximum Gasteiger partial charge on any atom is 0.325 e. The molecule has 0 atom stereocenters. The summed E-state index contributed by atoms with van der Waals surface area (Å²) < 4.78 is 1.64. The fraction of sp³-hybridized carbons (Fsp3) is 0.0667. The molecule has 6 nitrogen and oxygen atoms in total. The molecule has 2 aromatic heterocycles. The van der Waals surface area contributed by atoms with Gasteiger partial charge in [0.15, 0.2) is 5.82 Å². The van der Waals surface area contributed by atoms with Crippen LogP contribution in [0.3, 0.4) is 0 Å². The summed E-state index contributed by atoms with van der Waals surface area (Å²) in [7, 11) is 0. The summed E-state index contributed by atoms with van der Waals surface area (Å²) in [6.07, 6.45) is 5.50. The van der Waals surface area contributed by atoms with E-state index < -0.39 is 0 Å². The average Bonchev–Trinajstić information content (AvgIpc) is 2.96. The van der Waals surface area contributed by atoms with Crippen LogP contribution < -0.4 is 9.94 Å². The third-order valence-electron chi connectivity index (χ3n) is 2.84. The second-order valence-corrected chi connectivity index (χ2v) is 4.56. The molecule has 3 aromatic rings. The molecular weight excluding hydrogens is 264 g/mol. The van der Waals surface area contributed by atoms with E-state index >= 15 is 0 Å². The Morgan fingerprint density at radius 2 is 2.10 bits per heavy atom. The number of nitrogens with one attached hydrogen (secondary N) is 2. The molecule has 0 aliphatic carbocycles. The van der Waals surface area contributed by atoms with Crippen molar-refractivity contribution in [1.82, 2.24) is 15.3 Å². The van der Waals surface area contributed by atoms with Gasteiger partial charge in [0, 0.05) is 11.2 Å². The predicted molar refractivity (Wildman–Crippen MR) is 81.8 cm³/mol. The molecule has 104 valence electrons. The van der Waals surface area contributed by atoms with E-state index in [1.807, 2.05) is 37.3 Å². The van der Waals surface area contributed by atoms with Crippen molar-refractivity contribution in [2.75, 3.05) is 5.43 Å². The predicted octanol–water partition coefficient (Wildman–Crippen LogP) is 2.04. The lowest BCUT2D eigenvalue weighted by Gasteiger charge is -1.97. The van der Waals surface area contributed by atoms with E-state index in [4.69, 9.17) is 0 Å². The molecule has 0 spiro atoms. The number of benzene rings is 1. The molecular formula is C15H15N6+. The molecule has 0 saturated carbocycles. The zero-order valence-corrected chi connectivity index (χ0v) is 11.6. The SMILES string of the molecule is CC(/C=N/Nc1ccc2n[nH]c[n+]2n1)=C\c1ccccc1. The van der Waals surface area contributed by atoms with Crippen LogP contribution in [0.4, 0.5) is 5.82 Å². The Hall–Kier alpha value is -3.02. The van der Waals surface area contributed by atoms with E-state index in [1.54, 1.807) is 17.1 Å². The molecule has 2 N–H and O–H groups in total. The Morgan fingerprint density at radius 1 is 1.24 bits per heavy atom. The van der Waals surface area contributed by atoms with Gasteiger partial charge in [-0.3, -0.25) is 5.43 Å². The second-order valence-electron chi connectivity index (χ2n) is 4.56. The summed E-state index contributed by atoms with van der Waals surface area (Å²) >= 11 is 0. The first kappa shape index (κ1) is 13.0. The van der Waals surface area contributed by atoms with E-state index in [2.05, 4.69) is 44.0 Å². The number of aromatic nitrogens is 4. The Balaban J connectivity index is 1.67. The summed E-state index contributed by atoms with van der Waals surface area (Å²) in [4.78, 5) is 0. The highest BCUT2D eigenvalue weighted by Gasteiger charge is 2.04. The lowest BCUT2D eigenvalue weighted by atomic mass is 10.1. The van der Waals surface area contributed by atoms with Crippen LogP contribution in [0.15, 0.2) is 59.5 Å². The van der Waals surface area contributed by atoms with E-state index in [9.17, 15) is 0 Å². The molecule has 2 heterocycles.